The lowest BCUT2D eigenvalue weighted by Gasteiger charge is -2.14. The van der Waals surface area contributed by atoms with Crippen LogP contribution in [0, 0.1) is 0 Å². The van der Waals surface area contributed by atoms with Crippen LogP contribution in [0.15, 0.2) is 24.3 Å². The second-order valence-corrected chi connectivity index (χ2v) is 5.97. The highest BCUT2D eigenvalue weighted by molar-refractivity contribution is 7.90. The van der Waals surface area contributed by atoms with Crippen molar-refractivity contribution >= 4 is 22.0 Å². The largest absolute Gasteiger partial charge is 0.508 e. The van der Waals surface area contributed by atoms with Crippen molar-refractivity contribution in [3.05, 3.63) is 29.8 Å². The molecule has 0 spiro atoms. The van der Waals surface area contributed by atoms with E-state index in [-0.39, 0.29) is 12.2 Å². The van der Waals surface area contributed by atoms with Crippen LogP contribution in [0.2, 0.25) is 0 Å². The Kier molecular flexibility index (Phi) is 5.68. The minimum Gasteiger partial charge on any atom is -0.508 e. The first-order chi connectivity index (χ1) is 9.73. The van der Waals surface area contributed by atoms with Gasteiger partial charge < -0.3 is 14.9 Å². The number of esters is 1. The van der Waals surface area contributed by atoms with Crippen LogP contribution < -0.4 is 4.72 Å². The number of aromatic hydroxyl groups is 1. The molecule has 21 heavy (non-hydrogen) atoms. The van der Waals surface area contributed by atoms with E-state index < -0.39 is 33.8 Å². The van der Waals surface area contributed by atoms with Gasteiger partial charge in [0.05, 0.1) is 7.11 Å². The fraction of sp³-hybridized carbons (Fsp3) is 0.333. The number of phenols is 1. The number of carbonyl (C=O) groups is 2. The molecule has 0 amide bonds. The number of methoxy groups -OCH3 is 1. The summed E-state index contributed by atoms with van der Waals surface area (Å²) in [6, 6.07) is 4.23. The van der Waals surface area contributed by atoms with Crippen molar-refractivity contribution in [2.45, 2.75) is 12.5 Å². The van der Waals surface area contributed by atoms with Crippen molar-refractivity contribution in [2.75, 3.05) is 12.9 Å². The molecule has 1 rings (SSSR count). The van der Waals surface area contributed by atoms with Gasteiger partial charge in [0.1, 0.15) is 11.8 Å². The Labute approximate surface area is 121 Å². The minimum absolute atomic E-state index is 0.0110. The zero-order valence-electron chi connectivity index (χ0n) is 11.1. The van der Waals surface area contributed by atoms with E-state index in [0.29, 0.717) is 5.56 Å². The Balaban J connectivity index is 2.81. The van der Waals surface area contributed by atoms with E-state index in [4.69, 9.17) is 10.2 Å². The lowest BCUT2D eigenvalue weighted by Crippen LogP contribution is -2.44. The summed E-state index contributed by atoms with van der Waals surface area (Å²) in [7, 11) is -3.09. The van der Waals surface area contributed by atoms with Gasteiger partial charge in [-0.2, -0.15) is 0 Å². The third-order valence-corrected chi connectivity index (χ3v) is 3.79. The van der Waals surface area contributed by atoms with Crippen molar-refractivity contribution in [3.63, 3.8) is 0 Å². The van der Waals surface area contributed by atoms with Gasteiger partial charge in [0, 0.05) is 0 Å². The first-order valence-electron chi connectivity index (χ1n) is 5.81. The molecule has 0 bridgehead atoms. The van der Waals surface area contributed by atoms with Crippen molar-refractivity contribution < 1.29 is 33.0 Å². The fourth-order valence-corrected chi connectivity index (χ4v) is 2.65. The van der Waals surface area contributed by atoms with E-state index in [1.54, 1.807) is 0 Å². The van der Waals surface area contributed by atoms with Crippen LogP contribution in [-0.2, 0) is 30.8 Å². The summed E-state index contributed by atoms with van der Waals surface area (Å²) in [5, 5.41) is 18.2. The van der Waals surface area contributed by atoms with E-state index in [9.17, 15) is 18.0 Å². The van der Waals surface area contributed by atoms with Gasteiger partial charge in [0.2, 0.25) is 10.0 Å². The number of hydrogen-bond donors (Lipinski definition) is 3. The molecule has 0 heterocycles. The molecule has 1 atom stereocenters. The number of carbonyl (C=O) groups excluding carboxylic acids is 1. The number of carboxylic acid groups (broad SMARTS) is 1. The number of nitrogens with one attached hydrogen (secondary N) is 1. The lowest BCUT2D eigenvalue weighted by atomic mass is 10.1. The first kappa shape index (κ1) is 16.9. The number of hydrogen-bond acceptors (Lipinski definition) is 6. The smallest absolute Gasteiger partial charge is 0.322 e. The Morgan fingerprint density at radius 1 is 1.29 bits per heavy atom. The van der Waals surface area contributed by atoms with Crippen molar-refractivity contribution in [1.29, 1.82) is 0 Å². The Morgan fingerprint density at radius 2 is 1.86 bits per heavy atom. The van der Waals surface area contributed by atoms with E-state index in [1.165, 1.54) is 24.3 Å². The van der Waals surface area contributed by atoms with Gasteiger partial charge in [-0.05, 0) is 24.1 Å². The molecule has 1 aromatic rings. The molecule has 1 aromatic carbocycles. The summed E-state index contributed by atoms with van der Waals surface area (Å²) in [4.78, 5) is 22.1. The summed E-state index contributed by atoms with van der Waals surface area (Å²) < 4.78 is 29.4. The molecule has 0 aliphatic carbocycles. The number of carboxylic acids is 1. The van der Waals surface area contributed by atoms with E-state index >= 15 is 0 Å². The number of aliphatic carboxylic acids is 1. The highest BCUT2D eigenvalue weighted by Gasteiger charge is 2.26. The van der Waals surface area contributed by atoms with Gasteiger partial charge in [-0.25, -0.2) is 13.1 Å². The summed E-state index contributed by atoms with van der Waals surface area (Å²) in [6.45, 7) is 0. The number of ether oxygens (including phenoxy) is 1. The van der Waals surface area contributed by atoms with Crippen molar-refractivity contribution in [1.82, 2.24) is 4.72 Å². The average Bonchev–Trinajstić information content (AvgIpc) is 2.39. The molecule has 0 saturated heterocycles. The summed E-state index contributed by atoms with van der Waals surface area (Å²) >= 11 is 0. The molecular formula is C12H15NO7S. The van der Waals surface area contributed by atoms with Crippen molar-refractivity contribution in [3.8, 4) is 5.75 Å². The van der Waals surface area contributed by atoms with Gasteiger partial charge in [0.25, 0.3) is 0 Å². The monoisotopic (exact) mass is 317 g/mol. The molecule has 0 aliphatic heterocycles. The normalized spacial score (nSPS) is 12.6. The molecule has 3 N–H and O–H groups in total. The Hall–Kier alpha value is -2.13. The third kappa shape index (κ3) is 5.79. The highest BCUT2D eigenvalue weighted by atomic mass is 32.2. The predicted molar refractivity (Wildman–Crippen MR) is 72.2 cm³/mol. The van der Waals surface area contributed by atoms with Gasteiger partial charge in [-0.1, -0.05) is 12.1 Å². The Bertz CT molecular complexity index is 609. The van der Waals surface area contributed by atoms with E-state index in [0.717, 1.165) is 7.11 Å². The number of rotatable bonds is 7. The van der Waals surface area contributed by atoms with Crippen LogP contribution in [0.1, 0.15) is 5.56 Å². The first-order valence-corrected chi connectivity index (χ1v) is 7.46. The van der Waals surface area contributed by atoms with Crippen LogP contribution in [-0.4, -0.2) is 49.5 Å². The standard InChI is InChI=1S/C12H15NO7S/c1-20-11(15)7-21(18,19)13-10(12(16)17)6-8-2-4-9(14)5-3-8/h2-5,10,13-14H,6-7H2,1H3,(H,16,17). The summed E-state index contributed by atoms with van der Waals surface area (Å²) in [5.74, 6) is -3.31. The van der Waals surface area contributed by atoms with Gasteiger partial charge in [-0.3, -0.25) is 9.59 Å². The molecule has 0 aliphatic rings. The molecule has 1 unspecified atom stereocenters. The van der Waals surface area contributed by atoms with E-state index in [1.807, 2.05) is 4.72 Å². The molecular weight excluding hydrogens is 302 g/mol. The van der Waals surface area contributed by atoms with Crippen LogP contribution in [0.25, 0.3) is 0 Å². The topological polar surface area (TPSA) is 130 Å². The van der Waals surface area contributed by atoms with Crippen LogP contribution in [0.5, 0.6) is 5.75 Å². The van der Waals surface area contributed by atoms with Crippen LogP contribution >= 0.6 is 0 Å². The maximum absolute atomic E-state index is 11.6. The summed E-state index contributed by atoms with van der Waals surface area (Å²) in [6.07, 6.45) is -0.129. The molecule has 8 nitrogen and oxygen atoms in total. The number of benzene rings is 1. The number of phenolic OH excluding ortho intramolecular Hbond substituents is 1. The van der Waals surface area contributed by atoms with Gasteiger partial charge in [-0.15, -0.1) is 0 Å². The molecule has 0 aromatic heterocycles. The van der Waals surface area contributed by atoms with Crippen LogP contribution in [0.4, 0.5) is 0 Å². The minimum atomic E-state index is -4.12. The van der Waals surface area contributed by atoms with Crippen molar-refractivity contribution in [2.24, 2.45) is 0 Å². The van der Waals surface area contributed by atoms with Crippen LogP contribution in [0.3, 0.4) is 0 Å². The molecule has 0 radical (unpaired) electrons. The highest BCUT2D eigenvalue weighted by Crippen LogP contribution is 2.11. The molecule has 0 saturated carbocycles. The zero-order valence-corrected chi connectivity index (χ0v) is 12.0. The maximum atomic E-state index is 11.6. The fourth-order valence-electron chi connectivity index (χ4n) is 1.52. The quantitative estimate of drug-likeness (QED) is 0.577. The summed E-state index contributed by atoms with van der Waals surface area (Å²) in [5.41, 5.74) is 0.515. The molecule has 9 heteroatoms. The predicted octanol–water partition coefficient (Wildman–Crippen LogP) is -0.520. The third-order valence-electron chi connectivity index (χ3n) is 2.53. The van der Waals surface area contributed by atoms with Gasteiger partial charge >= 0.3 is 11.9 Å². The zero-order chi connectivity index (χ0) is 16.0. The second kappa shape index (κ2) is 7.04. The lowest BCUT2D eigenvalue weighted by molar-refractivity contribution is -0.139. The Morgan fingerprint density at radius 3 is 2.33 bits per heavy atom. The van der Waals surface area contributed by atoms with Gasteiger partial charge in [0.15, 0.2) is 5.75 Å². The molecule has 0 fully saturated rings. The second-order valence-electron chi connectivity index (χ2n) is 4.21. The average molecular weight is 317 g/mol. The SMILES string of the molecule is COC(=O)CS(=O)(=O)NC(Cc1ccc(O)cc1)C(=O)O. The molecule has 116 valence electrons. The van der Waals surface area contributed by atoms with E-state index in [2.05, 4.69) is 4.74 Å². The maximum Gasteiger partial charge on any atom is 0.322 e. The number of sulfonamides is 1.